The molecule has 90 valence electrons. The third-order valence-corrected chi connectivity index (χ3v) is 3.38. The largest absolute Gasteiger partial charge is 0.497 e. The van der Waals surface area contributed by atoms with Crippen LogP contribution in [0.5, 0.6) is 5.75 Å². The Balaban J connectivity index is 1.85. The molecule has 3 nitrogen and oxygen atoms in total. The first-order valence-electron chi connectivity index (χ1n) is 5.22. The summed E-state index contributed by atoms with van der Waals surface area (Å²) in [6.45, 7) is 1.52. The lowest BCUT2D eigenvalue weighted by molar-refractivity contribution is 0.414. The monoisotopic (exact) mass is 268 g/mol. The van der Waals surface area contributed by atoms with Gasteiger partial charge in [0.25, 0.3) is 0 Å². The molecule has 1 N–H and O–H groups in total. The highest BCUT2D eigenvalue weighted by Crippen LogP contribution is 2.18. The highest BCUT2D eigenvalue weighted by molar-refractivity contribution is 7.15. The van der Waals surface area contributed by atoms with Crippen molar-refractivity contribution in [2.75, 3.05) is 7.11 Å². The van der Waals surface area contributed by atoms with Gasteiger partial charge in [0.05, 0.1) is 13.3 Å². The molecule has 2 aromatic rings. The summed E-state index contributed by atoms with van der Waals surface area (Å²) < 4.78 is 5.89. The van der Waals surface area contributed by atoms with Crippen molar-refractivity contribution >= 4 is 22.9 Å². The van der Waals surface area contributed by atoms with Crippen LogP contribution in [0, 0.1) is 0 Å². The van der Waals surface area contributed by atoms with E-state index in [-0.39, 0.29) is 0 Å². The minimum absolute atomic E-state index is 0.725. The zero-order valence-corrected chi connectivity index (χ0v) is 11.0. The van der Waals surface area contributed by atoms with Gasteiger partial charge in [0.15, 0.2) is 0 Å². The number of thiazole rings is 1. The van der Waals surface area contributed by atoms with Gasteiger partial charge in [0.2, 0.25) is 0 Å². The number of benzene rings is 1. The molecule has 0 atom stereocenters. The summed E-state index contributed by atoms with van der Waals surface area (Å²) in [5.41, 5.74) is 1.19. The van der Waals surface area contributed by atoms with E-state index in [1.54, 1.807) is 13.3 Å². The second-order valence-corrected chi connectivity index (χ2v) is 5.26. The Hall–Kier alpha value is -1.10. The van der Waals surface area contributed by atoms with Gasteiger partial charge in [-0.15, -0.1) is 11.3 Å². The van der Waals surface area contributed by atoms with E-state index < -0.39 is 0 Å². The van der Waals surface area contributed by atoms with Crippen LogP contribution in [0.4, 0.5) is 0 Å². The van der Waals surface area contributed by atoms with E-state index >= 15 is 0 Å². The lowest BCUT2D eigenvalue weighted by Gasteiger charge is -2.05. The Kier molecular flexibility index (Phi) is 4.36. The third kappa shape index (κ3) is 3.70. The molecular formula is C12H13ClN2OS. The molecule has 1 aromatic carbocycles. The van der Waals surface area contributed by atoms with Crippen LogP contribution in [0.25, 0.3) is 0 Å². The van der Waals surface area contributed by atoms with Crippen LogP contribution in [0.15, 0.2) is 30.5 Å². The number of hydrogen-bond donors (Lipinski definition) is 1. The maximum atomic E-state index is 5.81. The molecule has 1 heterocycles. The SMILES string of the molecule is COc1cccc(CNCc2ncc(Cl)s2)c1. The van der Waals surface area contributed by atoms with Crippen LogP contribution in [0.1, 0.15) is 10.6 Å². The van der Waals surface area contributed by atoms with Gasteiger partial charge >= 0.3 is 0 Å². The first-order chi connectivity index (χ1) is 8.28. The Morgan fingerprint density at radius 2 is 2.29 bits per heavy atom. The van der Waals surface area contributed by atoms with Crippen molar-refractivity contribution in [3.05, 3.63) is 45.4 Å². The van der Waals surface area contributed by atoms with E-state index in [2.05, 4.69) is 16.4 Å². The first-order valence-corrected chi connectivity index (χ1v) is 6.41. The van der Waals surface area contributed by atoms with E-state index in [1.165, 1.54) is 16.9 Å². The van der Waals surface area contributed by atoms with E-state index in [9.17, 15) is 0 Å². The standard InChI is InChI=1S/C12H13ClN2OS/c1-16-10-4-2-3-9(5-10)6-14-8-12-15-7-11(13)17-12/h2-5,7,14H,6,8H2,1H3. The second-order valence-electron chi connectivity index (χ2n) is 3.51. The van der Waals surface area contributed by atoms with Gasteiger partial charge in [-0.05, 0) is 17.7 Å². The van der Waals surface area contributed by atoms with E-state index in [0.717, 1.165) is 28.2 Å². The summed E-state index contributed by atoms with van der Waals surface area (Å²) in [5.74, 6) is 0.876. The van der Waals surface area contributed by atoms with Gasteiger partial charge < -0.3 is 10.1 Å². The number of halogens is 1. The van der Waals surface area contributed by atoms with Crippen molar-refractivity contribution < 1.29 is 4.74 Å². The molecule has 0 aliphatic heterocycles. The zero-order chi connectivity index (χ0) is 12.1. The average molecular weight is 269 g/mol. The highest BCUT2D eigenvalue weighted by Gasteiger charge is 2.00. The van der Waals surface area contributed by atoms with Crippen LogP contribution in [0.2, 0.25) is 4.34 Å². The molecule has 0 aliphatic carbocycles. The maximum absolute atomic E-state index is 5.81. The molecule has 0 bridgehead atoms. The molecule has 0 saturated carbocycles. The zero-order valence-electron chi connectivity index (χ0n) is 9.44. The van der Waals surface area contributed by atoms with Gasteiger partial charge in [0.1, 0.15) is 15.1 Å². The molecule has 0 unspecified atom stereocenters. The topological polar surface area (TPSA) is 34.1 Å². The Bertz CT molecular complexity index is 487. The van der Waals surface area contributed by atoms with E-state index in [1.807, 2.05) is 18.2 Å². The number of methoxy groups -OCH3 is 1. The van der Waals surface area contributed by atoms with Gasteiger partial charge in [-0.25, -0.2) is 4.98 Å². The molecule has 5 heteroatoms. The fourth-order valence-electron chi connectivity index (χ4n) is 1.47. The molecule has 0 aliphatic rings. The molecular weight excluding hydrogens is 256 g/mol. The van der Waals surface area contributed by atoms with Crippen LogP contribution >= 0.6 is 22.9 Å². The van der Waals surface area contributed by atoms with Crippen LogP contribution in [0.3, 0.4) is 0 Å². The summed E-state index contributed by atoms with van der Waals surface area (Å²) >= 11 is 7.31. The normalized spacial score (nSPS) is 10.5. The highest BCUT2D eigenvalue weighted by atomic mass is 35.5. The third-order valence-electron chi connectivity index (χ3n) is 2.26. The molecule has 0 saturated heterocycles. The van der Waals surface area contributed by atoms with Crippen LogP contribution in [-0.4, -0.2) is 12.1 Å². The van der Waals surface area contributed by atoms with Crippen molar-refractivity contribution in [2.24, 2.45) is 0 Å². The average Bonchev–Trinajstić information content (AvgIpc) is 2.75. The number of ether oxygens (including phenoxy) is 1. The number of hydrogen-bond acceptors (Lipinski definition) is 4. The van der Waals surface area contributed by atoms with Crippen molar-refractivity contribution in [3.63, 3.8) is 0 Å². The predicted octanol–water partition coefficient (Wildman–Crippen LogP) is 3.09. The first kappa shape index (κ1) is 12.4. The Labute approximate surface area is 109 Å². The summed E-state index contributed by atoms with van der Waals surface area (Å²) in [6, 6.07) is 7.99. The van der Waals surface area contributed by atoms with E-state index in [0.29, 0.717) is 0 Å². The molecule has 0 fully saturated rings. The van der Waals surface area contributed by atoms with Gasteiger partial charge in [-0.1, -0.05) is 23.7 Å². The lowest BCUT2D eigenvalue weighted by Crippen LogP contribution is -2.12. The van der Waals surface area contributed by atoms with Crippen molar-refractivity contribution in [2.45, 2.75) is 13.1 Å². The Morgan fingerprint density at radius 3 is 3.00 bits per heavy atom. The number of nitrogens with one attached hydrogen (secondary N) is 1. The molecule has 0 radical (unpaired) electrons. The van der Waals surface area contributed by atoms with Crippen molar-refractivity contribution in [1.82, 2.24) is 10.3 Å². The minimum atomic E-state index is 0.725. The summed E-state index contributed by atoms with van der Waals surface area (Å²) in [4.78, 5) is 4.18. The maximum Gasteiger partial charge on any atom is 0.119 e. The smallest absolute Gasteiger partial charge is 0.119 e. The summed E-state index contributed by atoms with van der Waals surface area (Å²) in [7, 11) is 1.67. The van der Waals surface area contributed by atoms with Crippen molar-refractivity contribution in [3.8, 4) is 5.75 Å². The van der Waals surface area contributed by atoms with Gasteiger partial charge in [-0.3, -0.25) is 0 Å². The van der Waals surface area contributed by atoms with Crippen LogP contribution in [-0.2, 0) is 13.1 Å². The number of nitrogens with zero attached hydrogens (tertiary/aromatic N) is 1. The minimum Gasteiger partial charge on any atom is -0.497 e. The summed E-state index contributed by atoms with van der Waals surface area (Å²) in [6.07, 6.45) is 1.68. The fourth-order valence-corrected chi connectivity index (χ4v) is 2.39. The molecule has 1 aromatic heterocycles. The quantitative estimate of drug-likeness (QED) is 0.905. The second kappa shape index (κ2) is 6.00. The lowest BCUT2D eigenvalue weighted by atomic mass is 10.2. The number of aromatic nitrogens is 1. The molecule has 0 spiro atoms. The van der Waals surface area contributed by atoms with Gasteiger partial charge in [-0.2, -0.15) is 0 Å². The predicted molar refractivity (Wildman–Crippen MR) is 70.7 cm³/mol. The van der Waals surface area contributed by atoms with Gasteiger partial charge in [0, 0.05) is 13.1 Å². The van der Waals surface area contributed by atoms with Crippen molar-refractivity contribution in [1.29, 1.82) is 0 Å². The van der Waals surface area contributed by atoms with E-state index in [4.69, 9.17) is 16.3 Å². The summed E-state index contributed by atoms with van der Waals surface area (Å²) in [5, 5.41) is 4.31. The fraction of sp³-hybridized carbons (Fsp3) is 0.250. The van der Waals surface area contributed by atoms with Crippen LogP contribution < -0.4 is 10.1 Å². The molecule has 2 rings (SSSR count). The number of rotatable bonds is 5. The molecule has 17 heavy (non-hydrogen) atoms. The molecule has 0 amide bonds. The Morgan fingerprint density at radius 1 is 1.41 bits per heavy atom.